The van der Waals surface area contributed by atoms with Crippen molar-refractivity contribution in [1.82, 2.24) is 0 Å². The van der Waals surface area contributed by atoms with Gasteiger partial charge in [-0.05, 0) is 25.0 Å². The molecule has 0 aliphatic carbocycles. The molecule has 16 heavy (non-hydrogen) atoms. The number of carboxylic acids is 1. The number of aromatic hydroxyl groups is 1. The lowest BCUT2D eigenvalue weighted by molar-refractivity contribution is -0.137. The van der Waals surface area contributed by atoms with Crippen LogP contribution in [0.25, 0.3) is 0 Å². The van der Waals surface area contributed by atoms with E-state index in [0.29, 0.717) is 12.2 Å². The maximum atomic E-state index is 10.5. The minimum absolute atomic E-state index is 0.170. The molecule has 0 saturated heterocycles. The third-order valence-corrected chi connectivity index (χ3v) is 3.19. The molecule has 4 heteroatoms. The summed E-state index contributed by atoms with van der Waals surface area (Å²) in [4.78, 5) is 12.6. The average Bonchev–Trinajstić information content (AvgIpc) is 2.55. The molecule has 4 nitrogen and oxygen atoms in total. The Balaban J connectivity index is 2.14. The normalized spacial score (nSPS) is 18.6. The summed E-state index contributed by atoms with van der Waals surface area (Å²) in [6.07, 6.45) is 1.51. The summed E-state index contributed by atoms with van der Waals surface area (Å²) in [5.74, 6) is -0.462. The second-order valence-electron chi connectivity index (χ2n) is 4.18. The highest BCUT2D eigenvalue weighted by molar-refractivity contribution is 5.68. The molecule has 86 valence electrons. The molecular weight excluding hydrogens is 206 g/mol. The van der Waals surface area contributed by atoms with Crippen LogP contribution in [0.2, 0.25) is 0 Å². The minimum Gasteiger partial charge on any atom is -0.508 e. The van der Waals surface area contributed by atoms with Gasteiger partial charge in [0.05, 0.1) is 0 Å². The Bertz CT molecular complexity index is 417. The predicted molar refractivity (Wildman–Crippen MR) is 60.9 cm³/mol. The molecule has 0 fully saturated rings. The van der Waals surface area contributed by atoms with E-state index in [1.165, 1.54) is 0 Å². The van der Waals surface area contributed by atoms with Crippen LogP contribution in [0.3, 0.4) is 0 Å². The lowest BCUT2D eigenvalue weighted by Gasteiger charge is -2.21. The average molecular weight is 221 g/mol. The third-order valence-electron chi connectivity index (χ3n) is 3.19. The van der Waals surface area contributed by atoms with Gasteiger partial charge in [-0.1, -0.05) is 6.07 Å². The highest BCUT2D eigenvalue weighted by Crippen LogP contribution is 2.37. The summed E-state index contributed by atoms with van der Waals surface area (Å²) >= 11 is 0. The Morgan fingerprint density at radius 3 is 2.94 bits per heavy atom. The fraction of sp³-hybridized carbons (Fsp3) is 0.417. The van der Waals surface area contributed by atoms with Gasteiger partial charge in [-0.3, -0.25) is 4.79 Å². The highest BCUT2D eigenvalue weighted by Gasteiger charge is 2.28. The van der Waals surface area contributed by atoms with Crippen molar-refractivity contribution in [3.8, 4) is 5.75 Å². The number of carbonyl (C=O) groups is 1. The fourth-order valence-electron chi connectivity index (χ4n) is 2.26. The van der Waals surface area contributed by atoms with Crippen LogP contribution in [0.5, 0.6) is 5.75 Å². The Morgan fingerprint density at radius 1 is 1.56 bits per heavy atom. The van der Waals surface area contributed by atoms with Crippen molar-refractivity contribution >= 4 is 11.7 Å². The molecule has 1 atom stereocenters. The fourth-order valence-corrected chi connectivity index (χ4v) is 2.26. The van der Waals surface area contributed by atoms with E-state index in [9.17, 15) is 9.90 Å². The number of phenolic OH excluding ortho intramolecular Hbond substituents is 1. The molecule has 2 N–H and O–H groups in total. The van der Waals surface area contributed by atoms with Gasteiger partial charge in [-0.25, -0.2) is 0 Å². The second-order valence-corrected chi connectivity index (χ2v) is 4.18. The van der Waals surface area contributed by atoms with Crippen LogP contribution >= 0.6 is 0 Å². The third kappa shape index (κ3) is 1.83. The first-order valence-corrected chi connectivity index (χ1v) is 5.35. The predicted octanol–water partition coefficient (Wildman–Crippen LogP) is 1.62. The zero-order valence-corrected chi connectivity index (χ0v) is 9.18. The van der Waals surface area contributed by atoms with E-state index in [0.717, 1.165) is 17.7 Å². The van der Waals surface area contributed by atoms with Crippen LogP contribution in [0, 0.1) is 0 Å². The molecule has 1 aliphatic rings. The minimum atomic E-state index is -0.770. The SMILES string of the molecule is CN1c2cccc(O)c2CC1CCC(=O)O. The zero-order chi connectivity index (χ0) is 11.7. The van der Waals surface area contributed by atoms with Crippen LogP contribution in [-0.2, 0) is 11.2 Å². The number of anilines is 1. The van der Waals surface area contributed by atoms with Crippen LogP contribution < -0.4 is 4.90 Å². The maximum Gasteiger partial charge on any atom is 0.303 e. The van der Waals surface area contributed by atoms with E-state index in [1.807, 2.05) is 19.2 Å². The number of nitrogens with zero attached hydrogens (tertiary/aromatic N) is 1. The Hall–Kier alpha value is -1.71. The van der Waals surface area contributed by atoms with E-state index in [-0.39, 0.29) is 12.5 Å². The van der Waals surface area contributed by atoms with Gasteiger partial charge < -0.3 is 15.1 Å². The van der Waals surface area contributed by atoms with Crippen molar-refractivity contribution in [3.63, 3.8) is 0 Å². The van der Waals surface area contributed by atoms with E-state index in [2.05, 4.69) is 4.90 Å². The number of carboxylic acid groups (broad SMARTS) is 1. The molecule has 1 aromatic rings. The van der Waals surface area contributed by atoms with Gasteiger partial charge in [0.2, 0.25) is 0 Å². The van der Waals surface area contributed by atoms with E-state index in [1.54, 1.807) is 6.07 Å². The van der Waals surface area contributed by atoms with Gasteiger partial charge in [0.15, 0.2) is 0 Å². The second kappa shape index (κ2) is 4.04. The van der Waals surface area contributed by atoms with Crippen molar-refractivity contribution in [2.24, 2.45) is 0 Å². The number of phenols is 1. The Kier molecular flexibility index (Phi) is 2.73. The van der Waals surface area contributed by atoms with Gasteiger partial charge >= 0.3 is 5.97 Å². The molecule has 1 heterocycles. The van der Waals surface area contributed by atoms with Crippen LogP contribution in [-0.4, -0.2) is 29.3 Å². The maximum absolute atomic E-state index is 10.5. The summed E-state index contributed by atoms with van der Waals surface area (Å²) in [6.45, 7) is 0. The number of fused-ring (bicyclic) bond motifs is 1. The lowest BCUT2D eigenvalue weighted by atomic mass is 10.1. The smallest absolute Gasteiger partial charge is 0.303 e. The first kappa shape index (κ1) is 10.8. The van der Waals surface area contributed by atoms with Crippen LogP contribution in [0.15, 0.2) is 18.2 Å². The largest absolute Gasteiger partial charge is 0.508 e. The molecule has 0 aromatic heterocycles. The van der Waals surface area contributed by atoms with Crippen LogP contribution in [0.1, 0.15) is 18.4 Å². The number of benzene rings is 1. The van der Waals surface area contributed by atoms with Crippen LogP contribution in [0.4, 0.5) is 5.69 Å². The zero-order valence-electron chi connectivity index (χ0n) is 9.18. The number of hydrogen-bond acceptors (Lipinski definition) is 3. The molecule has 1 unspecified atom stereocenters. The van der Waals surface area contributed by atoms with Crippen molar-refractivity contribution in [1.29, 1.82) is 0 Å². The van der Waals surface area contributed by atoms with Crippen molar-refractivity contribution in [3.05, 3.63) is 23.8 Å². The number of aliphatic carboxylic acids is 1. The van der Waals surface area contributed by atoms with Gasteiger partial charge in [-0.15, -0.1) is 0 Å². The molecule has 2 rings (SSSR count). The quantitative estimate of drug-likeness (QED) is 0.814. The Morgan fingerprint density at radius 2 is 2.31 bits per heavy atom. The van der Waals surface area contributed by atoms with Crippen molar-refractivity contribution < 1.29 is 15.0 Å². The first-order chi connectivity index (χ1) is 7.59. The summed E-state index contributed by atoms with van der Waals surface area (Å²) in [6, 6.07) is 5.62. The molecular formula is C12H15NO3. The molecule has 1 aromatic carbocycles. The molecule has 0 bridgehead atoms. The summed E-state index contributed by atoms with van der Waals surface area (Å²) in [5, 5.41) is 18.4. The number of rotatable bonds is 3. The van der Waals surface area contributed by atoms with Gasteiger partial charge in [-0.2, -0.15) is 0 Å². The Labute approximate surface area is 94.1 Å². The highest BCUT2D eigenvalue weighted by atomic mass is 16.4. The first-order valence-electron chi connectivity index (χ1n) is 5.35. The van der Waals surface area contributed by atoms with Gasteiger partial charge in [0.1, 0.15) is 5.75 Å². The summed E-state index contributed by atoms with van der Waals surface area (Å²) in [7, 11) is 1.94. The molecule has 0 radical (unpaired) electrons. The molecule has 0 saturated carbocycles. The van der Waals surface area contributed by atoms with E-state index >= 15 is 0 Å². The number of likely N-dealkylation sites (N-methyl/N-ethyl adjacent to an activating group) is 1. The van der Waals surface area contributed by atoms with Gasteiger partial charge in [0, 0.05) is 30.8 Å². The number of hydrogen-bond donors (Lipinski definition) is 2. The molecule has 0 amide bonds. The summed E-state index contributed by atoms with van der Waals surface area (Å²) in [5.41, 5.74) is 1.94. The molecule has 0 spiro atoms. The van der Waals surface area contributed by atoms with Crippen molar-refractivity contribution in [2.75, 3.05) is 11.9 Å². The van der Waals surface area contributed by atoms with Gasteiger partial charge in [0.25, 0.3) is 0 Å². The monoisotopic (exact) mass is 221 g/mol. The van der Waals surface area contributed by atoms with Crippen molar-refractivity contribution in [2.45, 2.75) is 25.3 Å². The van der Waals surface area contributed by atoms with E-state index < -0.39 is 5.97 Å². The lowest BCUT2D eigenvalue weighted by Crippen LogP contribution is -2.28. The molecule has 1 aliphatic heterocycles. The standard InChI is InChI=1S/C12H15NO3/c1-13-8(5-6-12(15)16)7-9-10(13)3-2-4-11(9)14/h2-4,8,14H,5-7H2,1H3,(H,15,16). The summed E-state index contributed by atoms with van der Waals surface area (Å²) < 4.78 is 0. The van der Waals surface area contributed by atoms with E-state index in [4.69, 9.17) is 5.11 Å². The topological polar surface area (TPSA) is 60.8 Å².